The molecule has 2 aromatic carbocycles. The van der Waals surface area contributed by atoms with E-state index in [0.29, 0.717) is 23.7 Å². The van der Waals surface area contributed by atoms with Crippen LogP contribution in [0.4, 0.5) is 0 Å². The summed E-state index contributed by atoms with van der Waals surface area (Å²) in [5, 5.41) is 3.37. The van der Waals surface area contributed by atoms with Gasteiger partial charge in [-0.3, -0.25) is 9.59 Å². The summed E-state index contributed by atoms with van der Waals surface area (Å²) in [5.41, 5.74) is 1.99. The summed E-state index contributed by atoms with van der Waals surface area (Å²) in [6, 6.07) is 14.4. The third-order valence-electron chi connectivity index (χ3n) is 4.73. The Morgan fingerprint density at radius 2 is 1.76 bits per heavy atom. The summed E-state index contributed by atoms with van der Waals surface area (Å²) < 4.78 is 5.69. The predicted molar refractivity (Wildman–Crippen MR) is 116 cm³/mol. The summed E-state index contributed by atoms with van der Waals surface area (Å²) >= 11 is 6.29. The average Bonchev–Trinajstić information content (AvgIpc) is 2.73. The predicted octanol–water partition coefficient (Wildman–Crippen LogP) is 4.22. The molecule has 0 fully saturated rings. The minimum Gasteiger partial charge on any atom is -0.484 e. The quantitative estimate of drug-likeness (QED) is 0.630. The van der Waals surface area contributed by atoms with Gasteiger partial charge in [-0.2, -0.15) is 0 Å². The van der Waals surface area contributed by atoms with Gasteiger partial charge in [-0.05, 0) is 49.1 Å². The second-order valence-electron chi connectivity index (χ2n) is 6.72. The van der Waals surface area contributed by atoms with Gasteiger partial charge in [0.25, 0.3) is 5.91 Å². The maximum atomic E-state index is 13.0. The molecule has 0 aliphatic heterocycles. The molecule has 5 nitrogen and oxygen atoms in total. The van der Waals surface area contributed by atoms with Gasteiger partial charge in [0, 0.05) is 18.1 Å². The van der Waals surface area contributed by atoms with Gasteiger partial charge in [-0.15, -0.1) is 0 Å². The number of ether oxygens (including phenoxy) is 1. The molecule has 1 unspecified atom stereocenters. The van der Waals surface area contributed by atoms with E-state index in [4.69, 9.17) is 16.3 Å². The van der Waals surface area contributed by atoms with Crippen molar-refractivity contribution >= 4 is 23.4 Å². The summed E-state index contributed by atoms with van der Waals surface area (Å²) in [4.78, 5) is 27.2. The normalized spacial score (nSPS) is 11.6. The number of hydrogen-bond acceptors (Lipinski definition) is 3. The number of likely N-dealkylation sites (N-methyl/N-ethyl adjacent to an activating group) is 1. The standard InChI is InChI=1S/C23H29ClN2O3/c1-4-17-11-13-19(14-12-17)29-16-22(27)26(21(5-2)23(28)25-6-3)15-18-9-7-8-10-20(18)24/h7-14,21H,4-6,15-16H2,1-3H3,(H,25,28). The van der Waals surface area contributed by atoms with E-state index in [0.717, 1.165) is 12.0 Å². The molecule has 2 rings (SSSR count). The van der Waals surface area contributed by atoms with Crippen LogP contribution in [-0.4, -0.2) is 35.9 Å². The van der Waals surface area contributed by atoms with E-state index >= 15 is 0 Å². The molecule has 0 radical (unpaired) electrons. The van der Waals surface area contributed by atoms with E-state index in [1.165, 1.54) is 5.56 Å². The third-order valence-corrected chi connectivity index (χ3v) is 5.10. The molecule has 0 aliphatic carbocycles. The van der Waals surface area contributed by atoms with Gasteiger partial charge >= 0.3 is 0 Å². The van der Waals surface area contributed by atoms with Crippen LogP contribution < -0.4 is 10.1 Å². The van der Waals surface area contributed by atoms with Crippen LogP contribution in [0.5, 0.6) is 5.75 Å². The Labute approximate surface area is 178 Å². The molecule has 1 atom stereocenters. The number of nitrogens with one attached hydrogen (secondary N) is 1. The van der Waals surface area contributed by atoms with Crippen molar-refractivity contribution in [3.05, 3.63) is 64.7 Å². The van der Waals surface area contributed by atoms with Crippen molar-refractivity contribution in [2.24, 2.45) is 0 Å². The van der Waals surface area contributed by atoms with Gasteiger partial charge in [0.15, 0.2) is 6.61 Å². The van der Waals surface area contributed by atoms with Crippen LogP contribution in [0.25, 0.3) is 0 Å². The molecule has 0 saturated carbocycles. The van der Waals surface area contributed by atoms with Crippen molar-refractivity contribution in [2.75, 3.05) is 13.2 Å². The Hall–Kier alpha value is -2.53. The van der Waals surface area contributed by atoms with Crippen molar-refractivity contribution in [1.29, 1.82) is 0 Å². The average molecular weight is 417 g/mol. The Morgan fingerprint density at radius 1 is 1.07 bits per heavy atom. The molecule has 6 heteroatoms. The minimum absolute atomic E-state index is 0.147. The van der Waals surface area contributed by atoms with Crippen molar-refractivity contribution in [2.45, 2.75) is 46.2 Å². The Balaban J connectivity index is 2.18. The molecular weight excluding hydrogens is 388 g/mol. The van der Waals surface area contributed by atoms with E-state index < -0.39 is 6.04 Å². The van der Waals surface area contributed by atoms with E-state index in [-0.39, 0.29) is 25.0 Å². The molecule has 0 heterocycles. The number of hydrogen-bond donors (Lipinski definition) is 1. The first-order valence-corrected chi connectivity index (χ1v) is 10.4. The van der Waals surface area contributed by atoms with Crippen molar-refractivity contribution in [3.8, 4) is 5.75 Å². The molecule has 0 aromatic heterocycles. The Kier molecular flexibility index (Phi) is 9.00. The van der Waals surface area contributed by atoms with E-state index in [2.05, 4.69) is 12.2 Å². The number of amides is 2. The van der Waals surface area contributed by atoms with E-state index in [9.17, 15) is 9.59 Å². The lowest BCUT2D eigenvalue weighted by molar-refractivity contribution is -0.142. The van der Waals surface area contributed by atoms with Crippen LogP contribution in [0.2, 0.25) is 5.02 Å². The molecule has 29 heavy (non-hydrogen) atoms. The number of nitrogens with zero attached hydrogens (tertiary/aromatic N) is 1. The maximum absolute atomic E-state index is 13.0. The highest BCUT2D eigenvalue weighted by molar-refractivity contribution is 6.31. The first-order chi connectivity index (χ1) is 14.0. The molecule has 1 N–H and O–H groups in total. The highest BCUT2D eigenvalue weighted by Crippen LogP contribution is 2.20. The van der Waals surface area contributed by atoms with E-state index in [1.54, 1.807) is 11.0 Å². The molecule has 0 aliphatic rings. The van der Waals surface area contributed by atoms with Gasteiger partial charge in [-0.25, -0.2) is 0 Å². The van der Waals surface area contributed by atoms with Crippen LogP contribution >= 0.6 is 11.6 Å². The highest BCUT2D eigenvalue weighted by Gasteiger charge is 2.29. The van der Waals surface area contributed by atoms with Gasteiger partial charge in [-0.1, -0.05) is 55.8 Å². The second-order valence-corrected chi connectivity index (χ2v) is 7.13. The molecule has 0 saturated heterocycles. The first-order valence-electron chi connectivity index (χ1n) is 10.0. The number of carbonyl (C=O) groups excluding carboxylic acids is 2. The Morgan fingerprint density at radius 3 is 2.34 bits per heavy atom. The fourth-order valence-corrected chi connectivity index (χ4v) is 3.27. The minimum atomic E-state index is -0.593. The lowest BCUT2D eigenvalue weighted by Gasteiger charge is -2.30. The van der Waals surface area contributed by atoms with E-state index in [1.807, 2.05) is 56.3 Å². The third kappa shape index (κ3) is 6.50. The van der Waals surface area contributed by atoms with Crippen LogP contribution in [-0.2, 0) is 22.6 Å². The van der Waals surface area contributed by atoms with Crippen LogP contribution in [0.15, 0.2) is 48.5 Å². The molecule has 2 amide bonds. The molecule has 0 bridgehead atoms. The zero-order valence-corrected chi connectivity index (χ0v) is 18.0. The van der Waals surface area contributed by atoms with Crippen molar-refractivity contribution in [3.63, 3.8) is 0 Å². The van der Waals surface area contributed by atoms with Gasteiger partial charge in [0.05, 0.1) is 0 Å². The zero-order valence-electron chi connectivity index (χ0n) is 17.3. The molecular formula is C23H29ClN2O3. The summed E-state index contributed by atoms with van der Waals surface area (Å²) in [7, 11) is 0. The largest absolute Gasteiger partial charge is 0.484 e. The molecule has 0 spiro atoms. The van der Waals surface area contributed by atoms with Gasteiger partial charge in [0.1, 0.15) is 11.8 Å². The van der Waals surface area contributed by atoms with Crippen LogP contribution in [0.3, 0.4) is 0 Å². The first kappa shape index (κ1) is 22.8. The smallest absolute Gasteiger partial charge is 0.261 e. The highest BCUT2D eigenvalue weighted by atomic mass is 35.5. The number of carbonyl (C=O) groups is 2. The number of halogens is 1. The molecule has 156 valence electrons. The summed E-state index contributed by atoms with van der Waals surface area (Å²) in [6.07, 6.45) is 1.43. The molecule has 2 aromatic rings. The Bertz CT molecular complexity index is 808. The van der Waals surface area contributed by atoms with Crippen molar-refractivity contribution in [1.82, 2.24) is 10.2 Å². The monoisotopic (exact) mass is 416 g/mol. The number of benzene rings is 2. The number of rotatable bonds is 10. The number of aryl methyl sites for hydroxylation is 1. The lowest BCUT2D eigenvalue weighted by Crippen LogP contribution is -2.50. The van der Waals surface area contributed by atoms with Crippen molar-refractivity contribution < 1.29 is 14.3 Å². The SMILES string of the molecule is CCNC(=O)C(CC)N(Cc1ccccc1Cl)C(=O)COc1ccc(CC)cc1. The van der Waals surface area contributed by atoms with Crippen LogP contribution in [0, 0.1) is 0 Å². The second kappa shape index (κ2) is 11.5. The summed E-state index contributed by atoms with van der Waals surface area (Å²) in [5.74, 6) is 0.185. The van der Waals surface area contributed by atoms with Gasteiger partial charge < -0.3 is 15.0 Å². The van der Waals surface area contributed by atoms with Gasteiger partial charge in [0.2, 0.25) is 5.91 Å². The maximum Gasteiger partial charge on any atom is 0.261 e. The summed E-state index contributed by atoms with van der Waals surface area (Å²) in [6.45, 7) is 6.42. The fourth-order valence-electron chi connectivity index (χ4n) is 3.07. The zero-order chi connectivity index (χ0) is 21.2. The topological polar surface area (TPSA) is 58.6 Å². The fraction of sp³-hybridized carbons (Fsp3) is 0.391. The lowest BCUT2D eigenvalue weighted by atomic mass is 10.1. The van der Waals surface area contributed by atoms with Crippen LogP contribution in [0.1, 0.15) is 38.3 Å².